The molecule has 182 valence electrons. The van der Waals surface area contributed by atoms with Crippen molar-refractivity contribution in [3.8, 4) is 10.4 Å². The summed E-state index contributed by atoms with van der Waals surface area (Å²) in [5.41, 5.74) is 6.05. The molecule has 2 aliphatic rings. The standard InChI is InChI=1S/C30H32ClNO2S/c1-20-7-11-22(12-8-20)27-19-32(18-21-9-13-24(31)14-10-21)16-15-25(27)26-17-28(35-29(26)30(33)34)23-5-3-2-4-6-23/h2-6,9-10,13-14,17,20,22H,7-8,11-12,15-16,18-19H2,1H3,(H,33,34). The van der Waals surface area contributed by atoms with E-state index in [0.717, 1.165) is 53.0 Å². The van der Waals surface area contributed by atoms with Crippen molar-refractivity contribution in [1.29, 1.82) is 0 Å². The summed E-state index contributed by atoms with van der Waals surface area (Å²) in [4.78, 5) is 16.4. The third-order valence-corrected chi connectivity index (χ3v) is 9.02. The maximum absolute atomic E-state index is 12.3. The molecule has 5 heteroatoms. The summed E-state index contributed by atoms with van der Waals surface area (Å²) in [5.74, 6) is 0.500. The van der Waals surface area contributed by atoms with E-state index in [4.69, 9.17) is 11.6 Å². The molecule has 1 saturated carbocycles. The minimum atomic E-state index is -0.820. The predicted molar refractivity (Wildman–Crippen MR) is 146 cm³/mol. The highest BCUT2D eigenvalue weighted by atomic mass is 35.5. The Morgan fingerprint density at radius 2 is 1.77 bits per heavy atom. The smallest absolute Gasteiger partial charge is 0.346 e. The molecule has 0 saturated heterocycles. The number of rotatable bonds is 6. The van der Waals surface area contributed by atoms with Gasteiger partial charge in [-0.2, -0.15) is 0 Å². The predicted octanol–water partition coefficient (Wildman–Crippen LogP) is 8.25. The van der Waals surface area contributed by atoms with E-state index in [1.54, 1.807) is 0 Å². The maximum atomic E-state index is 12.3. The summed E-state index contributed by atoms with van der Waals surface area (Å²) < 4.78 is 0. The quantitative estimate of drug-likeness (QED) is 0.366. The van der Waals surface area contributed by atoms with Crippen LogP contribution in [-0.2, 0) is 6.54 Å². The van der Waals surface area contributed by atoms with Crippen molar-refractivity contribution < 1.29 is 9.90 Å². The molecular formula is C30H32ClNO2S. The highest BCUT2D eigenvalue weighted by Crippen LogP contribution is 2.43. The van der Waals surface area contributed by atoms with E-state index >= 15 is 0 Å². The van der Waals surface area contributed by atoms with Crippen molar-refractivity contribution in [3.63, 3.8) is 0 Å². The fourth-order valence-corrected chi connectivity index (χ4v) is 6.80. The molecule has 35 heavy (non-hydrogen) atoms. The molecule has 5 rings (SSSR count). The van der Waals surface area contributed by atoms with Gasteiger partial charge in [0.05, 0.1) is 0 Å². The first kappa shape index (κ1) is 24.3. The van der Waals surface area contributed by atoms with Crippen LogP contribution in [0.15, 0.2) is 66.2 Å². The van der Waals surface area contributed by atoms with Gasteiger partial charge in [-0.15, -0.1) is 11.3 Å². The van der Waals surface area contributed by atoms with E-state index in [0.29, 0.717) is 10.8 Å². The summed E-state index contributed by atoms with van der Waals surface area (Å²) in [7, 11) is 0. The second-order valence-corrected chi connectivity index (χ2v) is 11.6. The van der Waals surface area contributed by atoms with Gasteiger partial charge in [0.25, 0.3) is 0 Å². The summed E-state index contributed by atoms with van der Waals surface area (Å²) in [5, 5.41) is 10.9. The Labute approximate surface area is 217 Å². The zero-order chi connectivity index (χ0) is 24.4. The Hall–Kier alpha value is -2.40. The van der Waals surface area contributed by atoms with E-state index in [1.165, 1.54) is 53.7 Å². The first-order chi connectivity index (χ1) is 17.0. The lowest BCUT2D eigenvalue weighted by molar-refractivity contribution is 0.0702. The van der Waals surface area contributed by atoms with Crippen molar-refractivity contribution in [2.75, 3.05) is 13.1 Å². The lowest BCUT2D eigenvalue weighted by Crippen LogP contribution is -2.34. The molecule has 0 unspecified atom stereocenters. The van der Waals surface area contributed by atoms with Crippen LogP contribution in [0.2, 0.25) is 5.02 Å². The average molecular weight is 506 g/mol. The Morgan fingerprint density at radius 1 is 1.06 bits per heavy atom. The molecule has 3 nitrogen and oxygen atoms in total. The second kappa shape index (κ2) is 10.7. The van der Waals surface area contributed by atoms with Crippen molar-refractivity contribution in [1.82, 2.24) is 4.90 Å². The van der Waals surface area contributed by atoms with Crippen molar-refractivity contribution in [2.24, 2.45) is 11.8 Å². The first-order valence-electron chi connectivity index (χ1n) is 12.6. The molecule has 0 bridgehead atoms. The van der Waals surface area contributed by atoms with Crippen LogP contribution >= 0.6 is 22.9 Å². The molecule has 2 heterocycles. The second-order valence-electron chi connectivity index (χ2n) is 10.1. The fourth-order valence-electron chi connectivity index (χ4n) is 5.64. The summed E-state index contributed by atoms with van der Waals surface area (Å²) >= 11 is 7.50. The van der Waals surface area contributed by atoms with Gasteiger partial charge >= 0.3 is 5.97 Å². The van der Waals surface area contributed by atoms with Gasteiger partial charge in [-0.3, -0.25) is 4.90 Å². The number of nitrogens with zero attached hydrogens (tertiary/aromatic N) is 1. The van der Waals surface area contributed by atoms with Crippen molar-refractivity contribution in [3.05, 3.63) is 87.3 Å². The molecular weight excluding hydrogens is 474 g/mol. The van der Waals surface area contributed by atoms with E-state index < -0.39 is 5.97 Å². The van der Waals surface area contributed by atoms with Crippen LogP contribution in [0.5, 0.6) is 0 Å². The van der Waals surface area contributed by atoms with Crippen molar-refractivity contribution >= 4 is 34.5 Å². The molecule has 3 aromatic rings. The third-order valence-electron chi connectivity index (χ3n) is 7.60. The zero-order valence-corrected chi connectivity index (χ0v) is 21.7. The normalized spacial score (nSPS) is 21.3. The SMILES string of the molecule is CC1CCC(C2=C(c3cc(-c4ccccc4)sc3C(=O)O)CCN(Cc3ccc(Cl)cc3)C2)CC1. The van der Waals surface area contributed by atoms with Crippen molar-refractivity contribution in [2.45, 2.75) is 45.6 Å². The highest BCUT2D eigenvalue weighted by molar-refractivity contribution is 7.17. The highest BCUT2D eigenvalue weighted by Gasteiger charge is 2.31. The van der Waals surface area contributed by atoms with Gasteiger partial charge in [-0.25, -0.2) is 4.79 Å². The van der Waals surface area contributed by atoms with Gasteiger partial charge in [-0.1, -0.05) is 73.8 Å². The van der Waals surface area contributed by atoms with Gasteiger partial charge < -0.3 is 5.11 Å². The van der Waals surface area contributed by atoms with Gasteiger partial charge in [0.2, 0.25) is 0 Å². The molecule has 0 spiro atoms. The topological polar surface area (TPSA) is 40.5 Å². The summed E-state index contributed by atoms with van der Waals surface area (Å²) in [6.07, 6.45) is 5.80. The fraction of sp³-hybridized carbons (Fsp3) is 0.367. The van der Waals surface area contributed by atoms with Crippen LogP contribution < -0.4 is 0 Å². The van der Waals surface area contributed by atoms with Gasteiger partial charge in [0.1, 0.15) is 4.88 Å². The molecule has 2 aromatic carbocycles. The van der Waals surface area contributed by atoms with E-state index in [-0.39, 0.29) is 0 Å². The lowest BCUT2D eigenvalue weighted by atomic mass is 9.75. The number of carbonyl (C=O) groups is 1. The molecule has 0 atom stereocenters. The van der Waals surface area contributed by atoms with Crippen LogP contribution in [0.1, 0.15) is 59.8 Å². The molecule has 1 aliphatic heterocycles. The van der Waals surface area contributed by atoms with E-state index in [2.05, 4.69) is 42.2 Å². The number of hydrogen-bond acceptors (Lipinski definition) is 3. The van der Waals surface area contributed by atoms with Crippen LogP contribution in [-0.4, -0.2) is 29.1 Å². The lowest BCUT2D eigenvalue weighted by Gasteiger charge is -2.37. The molecule has 1 fully saturated rings. The Kier molecular flexibility index (Phi) is 7.43. The third kappa shape index (κ3) is 5.55. The van der Waals surface area contributed by atoms with Crippen LogP contribution in [0, 0.1) is 11.8 Å². The number of benzene rings is 2. The Bertz CT molecular complexity index is 1210. The van der Waals surface area contributed by atoms with Crippen LogP contribution in [0.4, 0.5) is 0 Å². The first-order valence-corrected chi connectivity index (χ1v) is 13.8. The van der Waals surface area contributed by atoms with Crippen LogP contribution in [0.25, 0.3) is 16.0 Å². The Balaban J connectivity index is 1.52. The number of halogens is 1. The Morgan fingerprint density at radius 3 is 2.46 bits per heavy atom. The summed E-state index contributed by atoms with van der Waals surface area (Å²) in [6, 6.07) is 20.4. The number of aromatic carboxylic acids is 1. The molecule has 1 aliphatic carbocycles. The molecule has 0 amide bonds. The van der Waals surface area contributed by atoms with Gasteiger partial charge in [0.15, 0.2) is 0 Å². The largest absolute Gasteiger partial charge is 0.477 e. The number of thiophene rings is 1. The number of carboxylic acid groups (broad SMARTS) is 1. The number of carboxylic acids is 1. The average Bonchev–Trinajstić information content (AvgIpc) is 3.32. The molecule has 0 radical (unpaired) electrons. The van der Waals surface area contributed by atoms with Gasteiger partial charge in [-0.05, 0) is 71.6 Å². The van der Waals surface area contributed by atoms with Gasteiger partial charge in [0, 0.05) is 35.1 Å². The minimum Gasteiger partial charge on any atom is -0.477 e. The van der Waals surface area contributed by atoms with Crippen LogP contribution in [0.3, 0.4) is 0 Å². The zero-order valence-electron chi connectivity index (χ0n) is 20.2. The maximum Gasteiger partial charge on any atom is 0.346 e. The van der Waals surface area contributed by atoms with E-state index in [1.807, 2.05) is 30.3 Å². The molecule has 1 N–H and O–H groups in total. The van der Waals surface area contributed by atoms with E-state index in [9.17, 15) is 9.90 Å². The monoisotopic (exact) mass is 505 g/mol. The summed E-state index contributed by atoms with van der Waals surface area (Å²) in [6.45, 7) is 5.08. The number of hydrogen-bond donors (Lipinski definition) is 1. The molecule has 1 aromatic heterocycles. The minimum absolute atomic E-state index is 0.478.